The van der Waals surface area contributed by atoms with Crippen LogP contribution in [0.2, 0.25) is 0 Å². The minimum absolute atomic E-state index is 0.281. The summed E-state index contributed by atoms with van der Waals surface area (Å²) in [6.45, 7) is 5.85. The van der Waals surface area contributed by atoms with Crippen LogP contribution in [0.5, 0.6) is 0 Å². The number of amides is 1. The maximum absolute atomic E-state index is 13.7. The van der Waals surface area contributed by atoms with Crippen molar-refractivity contribution >= 4 is 12.0 Å². The smallest absolute Gasteiger partial charge is 0.338 e. The lowest BCUT2D eigenvalue weighted by atomic mass is 10.1. The molecule has 104 valence electrons. The van der Waals surface area contributed by atoms with Crippen LogP contribution in [0.4, 0.5) is 8.78 Å². The fourth-order valence-electron chi connectivity index (χ4n) is 1.67. The van der Waals surface area contributed by atoms with Crippen molar-refractivity contribution in [1.29, 1.82) is 0 Å². The summed E-state index contributed by atoms with van der Waals surface area (Å²) in [6, 6.07) is 7.15. The van der Waals surface area contributed by atoms with Gasteiger partial charge < -0.3 is 4.90 Å². The molecular formula is C15H19F2NO. The zero-order chi connectivity index (χ0) is 14.5. The second kappa shape index (κ2) is 6.45. The summed E-state index contributed by atoms with van der Waals surface area (Å²) in [7, 11) is 0. The van der Waals surface area contributed by atoms with Crippen LogP contribution in [0.25, 0.3) is 6.08 Å². The predicted octanol–water partition coefficient (Wildman–Crippen LogP) is 3.51. The Labute approximate surface area is 112 Å². The van der Waals surface area contributed by atoms with Crippen LogP contribution in [-0.4, -0.2) is 29.8 Å². The third kappa shape index (κ3) is 4.16. The highest BCUT2D eigenvalue weighted by Crippen LogP contribution is 2.20. The van der Waals surface area contributed by atoms with E-state index in [-0.39, 0.29) is 13.1 Å². The van der Waals surface area contributed by atoms with Crippen LogP contribution in [0.3, 0.4) is 0 Å². The van der Waals surface area contributed by atoms with Crippen molar-refractivity contribution in [3.05, 3.63) is 41.5 Å². The number of carbonyl (C=O) groups excluding carboxylic acids is 1. The average Bonchev–Trinajstić information content (AvgIpc) is 2.39. The van der Waals surface area contributed by atoms with E-state index in [2.05, 4.69) is 0 Å². The van der Waals surface area contributed by atoms with Crippen molar-refractivity contribution < 1.29 is 13.6 Å². The van der Waals surface area contributed by atoms with Crippen LogP contribution in [0.15, 0.2) is 30.3 Å². The van der Waals surface area contributed by atoms with Crippen molar-refractivity contribution in [2.45, 2.75) is 26.7 Å². The predicted molar refractivity (Wildman–Crippen MR) is 73.1 cm³/mol. The Hall–Kier alpha value is -1.71. The molecule has 0 N–H and O–H groups in total. The second-order valence-corrected chi connectivity index (χ2v) is 4.34. The summed E-state index contributed by atoms with van der Waals surface area (Å²) >= 11 is 0. The van der Waals surface area contributed by atoms with E-state index in [1.54, 1.807) is 26.0 Å². The van der Waals surface area contributed by atoms with Crippen molar-refractivity contribution in [2.75, 3.05) is 13.1 Å². The third-order valence-corrected chi connectivity index (χ3v) is 2.90. The highest BCUT2D eigenvalue weighted by atomic mass is 19.3. The highest BCUT2D eigenvalue weighted by molar-refractivity contribution is 5.86. The van der Waals surface area contributed by atoms with E-state index in [1.165, 1.54) is 6.08 Å². The van der Waals surface area contributed by atoms with E-state index in [9.17, 15) is 13.6 Å². The molecule has 1 amide bonds. The summed E-state index contributed by atoms with van der Waals surface area (Å²) in [5, 5.41) is 0. The van der Waals surface area contributed by atoms with Gasteiger partial charge in [-0.05, 0) is 32.4 Å². The van der Waals surface area contributed by atoms with Gasteiger partial charge in [0.15, 0.2) is 0 Å². The first kappa shape index (κ1) is 15.3. The number of rotatable bonds is 5. The van der Waals surface area contributed by atoms with Gasteiger partial charge in [-0.25, -0.2) is 0 Å². The lowest BCUT2D eigenvalue weighted by molar-refractivity contribution is -0.150. The number of hydrogen-bond donors (Lipinski definition) is 0. The Morgan fingerprint density at radius 2 is 1.74 bits per heavy atom. The number of hydrogen-bond acceptors (Lipinski definition) is 1. The van der Waals surface area contributed by atoms with Gasteiger partial charge in [0.2, 0.25) is 0 Å². The number of benzene rings is 1. The molecule has 0 saturated heterocycles. The average molecular weight is 267 g/mol. The Morgan fingerprint density at radius 1 is 1.21 bits per heavy atom. The Balaban J connectivity index is 2.83. The summed E-state index contributed by atoms with van der Waals surface area (Å²) < 4.78 is 27.5. The van der Waals surface area contributed by atoms with E-state index in [0.717, 1.165) is 10.5 Å². The number of nitrogens with zero attached hydrogens (tertiary/aromatic N) is 1. The van der Waals surface area contributed by atoms with Gasteiger partial charge in [0, 0.05) is 13.1 Å². The largest absolute Gasteiger partial charge is 0.343 e. The molecule has 0 fully saturated rings. The van der Waals surface area contributed by atoms with Crippen molar-refractivity contribution in [3.63, 3.8) is 0 Å². The first-order valence-corrected chi connectivity index (χ1v) is 6.33. The molecule has 0 atom stereocenters. The first-order chi connectivity index (χ1) is 8.90. The molecule has 0 heterocycles. The highest BCUT2D eigenvalue weighted by Gasteiger charge is 2.38. The Morgan fingerprint density at radius 3 is 2.21 bits per heavy atom. The van der Waals surface area contributed by atoms with Crippen LogP contribution in [0.1, 0.15) is 25.0 Å². The molecule has 0 aliphatic carbocycles. The zero-order valence-corrected chi connectivity index (χ0v) is 11.5. The maximum atomic E-state index is 13.7. The Bertz CT molecular complexity index is 448. The van der Waals surface area contributed by atoms with E-state index in [4.69, 9.17) is 0 Å². The maximum Gasteiger partial charge on any atom is 0.343 e. The molecule has 1 aromatic carbocycles. The quantitative estimate of drug-likeness (QED) is 0.799. The summed E-state index contributed by atoms with van der Waals surface area (Å²) in [5.74, 6) is -4.61. The lowest BCUT2D eigenvalue weighted by Gasteiger charge is -2.22. The summed E-state index contributed by atoms with van der Waals surface area (Å²) in [5.41, 5.74) is 1.71. The number of aryl methyl sites for hydroxylation is 1. The molecule has 1 rings (SSSR count). The van der Waals surface area contributed by atoms with Gasteiger partial charge in [-0.2, -0.15) is 8.78 Å². The fraction of sp³-hybridized carbons (Fsp3) is 0.400. The number of alkyl halides is 2. The van der Waals surface area contributed by atoms with E-state index < -0.39 is 11.8 Å². The molecule has 0 aliphatic rings. The van der Waals surface area contributed by atoms with Crippen molar-refractivity contribution in [3.8, 4) is 0 Å². The molecule has 0 aromatic heterocycles. The molecule has 2 nitrogen and oxygen atoms in total. The molecule has 1 aromatic rings. The fourth-order valence-corrected chi connectivity index (χ4v) is 1.67. The normalized spacial score (nSPS) is 11.8. The van der Waals surface area contributed by atoms with Crippen molar-refractivity contribution in [2.24, 2.45) is 0 Å². The minimum atomic E-state index is -3.46. The molecule has 19 heavy (non-hydrogen) atoms. The monoisotopic (exact) mass is 267 g/mol. The van der Waals surface area contributed by atoms with E-state index in [0.29, 0.717) is 11.6 Å². The topological polar surface area (TPSA) is 20.3 Å². The molecule has 0 bridgehead atoms. The molecule has 0 saturated carbocycles. The van der Waals surface area contributed by atoms with Crippen LogP contribution < -0.4 is 0 Å². The lowest BCUT2D eigenvalue weighted by Crippen LogP contribution is -2.42. The van der Waals surface area contributed by atoms with E-state index in [1.807, 2.05) is 19.1 Å². The molecule has 0 aliphatic heterocycles. The van der Waals surface area contributed by atoms with E-state index >= 15 is 0 Å². The van der Waals surface area contributed by atoms with Crippen LogP contribution in [0, 0.1) is 6.92 Å². The standard InChI is InChI=1S/C15H19F2NO/c1-4-18(5-2)14(19)15(16,17)11-10-13-8-6-12(3)7-9-13/h6-11H,4-5H2,1-3H3/b11-10+. The van der Waals surface area contributed by atoms with Gasteiger partial charge in [-0.3, -0.25) is 4.79 Å². The SMILES string of the molecule is CCN(CC)C(=O)C(F)(F)/C=C/c1ccc(C)cc1. The molecule has 0 spiro atoms. The zero-order valence-electron chi connectivity index (χ0n) is 11.5. The Kier molecular flexibility index (Phi) is 5.21. The van der Waals surface area contributed by atoms with Gasteiger partial charge in [-0.1, -0.05) is 35.9 Å². The summed E-state index contributed by atoms with van der Waals surface area (Å²) in [6.07, 6.45) is 1.94. The molecule has 0 unspecified atom stereocenters. The number of halogens is 2. The molecular weight excluding hydrogens is 248 g/mol. The third-order valence-electron chi connectivity index (χ3n) is 2.90. The van der Waals surface area contributed by atoms with Gasteiger partial charge in [0.05, 0.1) is 0 Å². The first-order valence-electron chi connectivity index (χ1n) is 6.33. The van der Waals surface area contributed by atoms with Crippen molar-refractivity contribution in [1.82, 2.24) is 4.90 Å². The number of carbonyl (C=O) groups is 1. The van der Waals surface area contributed by atoms with Gasteiger partial charge in [0.25, 0.3) is 5.91 Å². The van der Waals surface area contributed by atoms with Gasteiger partial charge >= 0.3 is 5.92 Å². The van der Waals surface area contributed by atoms with Crippen LogP contribution in [-0.2, 0) is 4.79 Å². The minimum Gasteiger partial charge on any atom is -0.338 e. The van der Waals surface area contributed by atoms with Gasteiger partial charge in [-0.15, -0.1) is 0 Å². The van der Waals surface area contributed by atoms with Crippen LogP contribution >= 0.6 is 0 Å². The second-order valence-electron chi connectivity index (χ2n) is 4.34. The van der Waals surface area contributed by atoms with Gasteiger partial charge in [0.1, 0.15) is 0 Å². The molecule has 4 heteroatoms. The molecule has 0 radical (unpaired) electrons. The summed E-state index contributed by atoms with van der Waals surface area (Å²) in [4.78, 5) is 12.8.